The molecule has 3 aromatic rings. The lowest BCUT2D eigenvalue weighted by molar-refractivity contribution is 0.0888. The molecule has 0 aliphatic heterocycles. The van der Waals surface area contributed by atoms with Gasteiger partial charge in [-0.3, -0.25) is 19.1 Å². The average molecular weight is 353 g/mol. The van der Waals surface area contributed by atoms with Gasteiger partial charge >= 0.3 is 0 Å². The van der Waals surface area contributed by atoms with Gasteiger partial charge < -0.3 is 0 Å². The second-order valence-electron chi connectivity index (χ2n) is 5.77. The van der Waals surface area contributed by atoms with E-state index in [1.54, 1.807) is 36.4 Å². The van der Waals surface area contributed by atoms with Gasteiger partial charge in [0.15, 0.2) is 11.6 Å². The molecule has 6 nitrogen and oxygen atoms in total. The van der Waals surface area contributed by atoms with Crippen LogP contribution in [0.15, 0.2) is 59.5 Å². The number of fused-ring (bicyclic) bond motifs is 2. The Morgan fingerprint density at radius 2 is 1.48 bits per heavy atom. The molecular weight excluding hydrogens is 342 g/mol. The van der Waals surface area contributed by atoms with Crippen molar-refractivity contribution in [2.45, 2.75) is 10.8 Å². The van der Waals surface area contributed by atoms with Crippen molar-refractivity contribution in [3.63, 3.8) is 0 Å². The van der Waals surface area contributed by atoms with Gasteiger partial charge in [-0.1, -0.05) is 36.4 Å². The van der Waals surface area contributed by atoms with Crippen LogP contribution in [0.25, 0.3) is 10.9 Å². The standard InChI is InChI=1S/C18H11NO5S/c20-17-12-3-1-2-4-13(12)18(21)16(17)14-8-6-10-5-7-11(25(22,23)24)9-15(10)19-14/h1-9,16H,(H,22,23,24). The fourth-order valence-electron chi connectivity index (χ4n) is 3.05. The van der Waals surface area contributed by atoms with Gasteiger partial charge in [0.05, 0.1) is 16.1 Å². The SMILES string of the molecule is O=C1c2ccccc2C(=O)C1c1ccc2ccc(S(=O)(=O)O)cc2n1. The summed E-state index contributed by atoms with van der Waals surface area (Å²) < 4.78 is 31.7. The zero-order valence-corrected chi connectivity index (χ0v) is 13.5. The van der Waals surface area contributed by atoms with E-state index in [2.05, 4.69) is 4.98 Å². The lowest BCUT2D eigenvalue weighted by Crippen LogP contribution is -2.14. The topological polar surface area (TPSA) is 101 Å². The maximum Gasteiger partial charge on any atom is 0.294 e. The molecule has 1 heterocycles. The first-order valence-electron chi connectivity index (χ1n) is 7.42. The number of Topliss-reactive ketones (excluding diaryl/α,β-unsaturated/α-hetero) is 2. The molecule has 0 spiro atoms. The summed E-state index contributed by atoms with van der Waals surface area (Å²) in [7, 11) is -4.37. The van der Waals surface area contributed by atoms with E-state index in [-0.39, 0.29) is 27.7 Å². The van der Waals surface area contributed by atoms with E-state index in [1.165, 1.54) is 18.2 Å². The first-order valence-corrected chi connectivity index (χ1v) is 8.86. The zero-order valence-electron chi connectivity index (χ0n) is 12.7. The summed E-state index contributed by atoms with van der Waals surface area (Å²) in [5, 5.41) is 0.631. The normalized spacial score (nSPS) is 14.9. The smallest absolute Gasteiger partial charge is 0.293 e. The molecule has 1 aliphatic rings. The van der Waals surface area contributed by atoms with Crippen molar-refractivity contribution in [2.75, 3.05) is 0 Å². The van der Waals surface area contributed by atoms with Gasteiger partial charge in [0.25, 0.3) is 10.1 Å². The average Bonchev–Trinajstić information content (AvgIpc) is 2.85. The molecule has 0 atom stereocenters. The van der Waals surface area contributed by atoms with E-state index in [4.69, 9.17) is 4.55 Å². The summed E-state index contributed by atoms with van der Waals surface area (Å²) in [6.45, 7) is 0. The van der Waals surface area contributed by atoms with Crippen LogP contribution in [0.5, 0.6) is 0 Å². The monoisotopic (exact) mass is 353 g/mol. The Bertz CT molecular complexity index is 1130. The van der Waals surface area contributed by atoms with E-state index in [9.17, 15) is 18.0 Å². The van der Waals surface area contributed by atoms with Crippen LogP contribution >= 0.6 is 0 Å². The molecular formula is C18H11NO5S. The maximum atomic E-state index is 12.6. The first-order chi connectivity index (χ1) is 11.9. The Morgan fingerprint density at radius 3 is 2.08 bits per heavy atom. The molecule has 0 bridgehead atoms. The quantitative estimate of drug-likeness (QED) is 0.561. The van der Waals surface area contributed by atoms with Gasteiger partial charge in [-0.2, -0.15) is 8.42 Å². The first kappa shape index (κ1) is 15.6. The number of carbonyl (C=O) groups is 2. The molecule has 124 valence electrons. The maximum absolute atomic E-state index is 12.6. The van der Waals surface area contributed by atoms with Gasteiger partial charge in [-0.15, -0.1) is 0 Å². The fraction of sp³-hybridized carbons (Fsp3) is 0.0556. The molecule has 0 fully saturated rings. The van der Waals surface area contributed by atoms with Crippen molar-refractivity contribution in [3.05, 3.63) is 71.4 Å². The van der Waals surface area contributed by atoms with Crippen molar-refractivity contribution < 1.29 is 22.6 Å². The van der Waals surface area contributed by atoms with Gasteiger partial charge in [-0.05, 0) is 18.2 Å². The lowest BCUT2D eigenvalue weighted by Gasteiger charge is -2.08. The number of rotatable bonds is 2. The number of nitrogens with zero attached hydrogens (tertiary/aromatic N) is 1. The molecule has 25 heavy (non-hydrogen) atoms. The van der Waals surface area contributed by atoms with E-state index in [0.717, 1.165) is 0 Å². The van der Waals surface area contributed by atoms with Gasteiger partial charge in [0.1, 0.15) is 5.92 Å². The minimum absolute atomic E-state index is 0.256. The van der Waals surface area contributed by atoms with Crippen LogP contribution in [0.1, 0.15) is 32.3 Å². The molecule has 1 aromatic heterocycles. The van der Waals surface area contributed by atoms with E-state index >= 15 is 0 Å². The minimum Gasteiger partial charge on any atom is -0.293 e. The number of benzene rings is 2. The number of hydrogen-bond acceptors (Lipinski definition) is 5. The molecule has 0 unspecified atom stereocenters. The summed E-state index contributed by atoms with van der Waals surface area (Å²) in [5.74, 6) is -1.67. The summed E-state index contributed by atoms with van der Waals surface area (Å²) in [5.41, 5.74) is 1.27. The van der Waals surface area contributed by atoms with E-state index < -0.39 is 16.0 Å². The highest BCUT2D eigenvalue weighted by Crippen LogP contribution is 2.33. The molecule has 0 saturated heterocycles. The third kappa shape index (κ3) is 2.45. The van der Waals surface area contributed by atoms with Crippen LogP contribution < -0.4 is 0 Å². The molecule has 0 radical (unpaired) electrons. The van der Waals surface area contributed by atoms with Crippen molar-refractivity contribution in [2.24, 2.45) is 0 Å². The van der Waals surface area contributed by atoms with E-state index in [1.807, 2.05) is 0 Å². The number of ketones is 2. The summed E-state index contributed by atoms with van der Waals surface area (Å²) in [6, 6.07) is 13.8. The van der Waals surface area contributed by atoms with E-state index in [0.29, 0.717) is 16.5 Å². The van der Waals surface area contributed by atoms with Gasteiger partial charge in [-0.25, -0.2) is 0 Å². The van der Waals surface area contributed by atoms with Crippen LogP contribution in [0.3, 0.4) is 0 Å². The molecule has 4 rings (SSSR count). The summed E-state index contributed by atoms with van der Waals surface area (Å²) in [6.07, 6.45) is 0. The molecule has 1 aliphatic carbocycles. The highest BCUT2D eigenvalue weighted by Gasteiger charge is 2.40. The number of carbonyl (C=O) groups excluding carboxylic acids is 2. The summed E-state index contributed by atoms with van der Waals surface area (Å²) in [4.78, 5) is 29.1. The van der Waals surface area contributed by atoms with Crippen molar-refractivity contribution in [3.8, 4) is 0 Å². The third-order valence-corrected chi connectivity index (χ3v) is 5.11. The van der Waals surface area contributed by atoms with Crippen LogP contribution in [0, 0.1) is 0 Å². The van der Waals surface area contributed by atoms with Crippen molar-refractivity contribution >= 4 is 32.6 Å². The Morgan fingerprint density at radius 1 is 0.880 bits per heavy atom. The molecule has 7 heteroatoms. The lowest BCUT2D eigenvalue weighted by atomic mass is 9.98. The Labute approximate surface area is 142 Å². The van der Waals surface area contributed by atoms with Crippen LogP contribution in [0.4, 0.5) is 0 Å². The number of pyridine rings is 1. The number of hydrogen-bond donors (Lipinski definition) is 1. The van der Waals surface area contributed by atoms with Crippen LogP contribution in [-0.4, -0.2) is 29.5 Å². The van der Waals surface area contributed by atoms with Crippen LogP contribution in [0.2, 0.25) is 0 Å². The highest BCUT2D eigenvalue weighted by atomic mass is 32.2. The van der Waals surface area contributed by atoms with Crippen molar-refractivity contribution in [1.29, 1.82) is 0 Å². The molecule has 0 saturated carbocycles. The third-order valence-electron chi connectivity index (χ3n) is 4.26. The molecule has 0 amide bonds. The predicted octanol–water partition coefficient (Wildman–Crippen LogP) is 2.64. The predicted molar refractivity (Wildman–Crippen MR) is 89.4 cm³/mol. The number of aromatic nitrogens is 1. The summed E-state index contributed by atoms with van der Waals surface area (Å²) >= 11 is 0. The second kappa shape index (κ2) is 5.30. The largest absolute Gasteiger partial charge is 0.294 e. The minimum atomic E-state index is -4.37. The highest BCUT2D eigenvalue weighted by molar-refractivity contribution is 7.85. The Kier molecular flexibility index (Phi) is 3.31. The van der Waals surface area contributed by atoms with Crippen molar-refractivity contribution in [1.82, 2.24) is 4.98 Å². The fourth-order valence-corrected chi connectivity index (χ4v) is 3.55. The Hall–Kier alpha value is -2.90. The second-order valence-corrected chi connectivity index (χ2v) is 7.19. The molecule has 1 N–H and O–H groups in total. The zero-order chi connectivity index (χ0) is 17.8. The molecule has 2 aromatic carbocycles. The van der Waals surface area contributed by atoms with Gasteiger partial charge in [0, 0.05) is 16.5 Å². The Balaban J connectivity index is 1.85. The van der Waals surface area contributed by atoms with Crippen LogP contribution in [-0.2, 0) is 10.1 Å². The van der Waals surface area contributed by atoms with Gasteiger partial charge in [0.2, 0.25) is 0 Å².